The average molecular weight is 668 g/mol. The summed E-state index contributed by atoms with van der Waals surface area (Å²) in [5.41, 5.74) is 1.81. The minimum atomic E-state index is -5.97. The third kappa shape index (κ3) is 6.68. The molecule has 0 aliphatic heterocycles. The van der Waals surface area contributed by atoms with Crippen molar-refractivity contribution in [1.82, 2.24) is 45.4 Å². The van der Waals surface area contributed by atoms with E-state index in [0.717, 1.165) is 28.9 Å². The zero-order chi connectivity index (χ0) is 34.0. The molecule has 46 heavy (non-hydrogen) atoms. The summed E-state index contributed by atoms with van der Waals surface area (Å²) in [4.78, 5) is 43.1. The highest BCUT2D eigenvalue weighted by Crippen LogP contribution is 2.41. The molecule has 1 aromatic carbocycles. The largest absolute Gasteiger partial charge is 0.461 e. The Labute approximate surface area is 259 Å². The van der Waals surface area contributed by atoms with E-state index in [0.29, 0.717) is 4.80 Å². The number of amides is 3. The van der Waals surface area contributed by atoms with Gasteiger partial charge in [0.1, 0.15) is 12.2 Å². The lowest BCUT2D eigenvalue weighted by Crippen LogP contribution is -2.43. The molecule has 0 saturated heterocycles. The van der Waals surface area contributed by atoms with Crippen molar-refractivity contribution in [3.8, 4) is 11.9 Å². The fourth-order valence-electron chi connectivity index (χ4n) is 3.84. The fraction of sp³-hybridized carbons (Fsp3) is 0.240. The monoisotopic (exact) mass is 667 g/mol. The van der Waals surface area contributed by atoms with E-state index in [-0.39, 0.29) is 44.6 Å². The first-order chi connectivity index (χ1) is 21.6. The van der Waals surface area contributed by atoms with Crippen LogP contribution in [0.15, 0.2) is 36.5 Å². The Morgan fingerprint density at radius 3 is 2.48 bits per heavy atom. The molecule has 4 rings (SSSR count). The molecule has 0 bridgehead atoms. The van der Waals surface area contributed by atoms with Gasteiger partial charge in [0.15, 0.2) is 5.82 Å². The normalized spacial score (nSPS) is 11.5. The maximum Gasteiger partial charge on any atom is 0.461 e. The molecule has 240 valence electrons. The van der Waals surface area contributed by atoms with Crippen LogP contribution in [0.25, 0.3) is 5.82 Å². The van der Waals surface area contributed by atoms with Gasteiger partial charge in [0, 0.05) is 13.2 Å². The Balaban J connectivity index is 1.74. The third-order valence-electron chi connectivity index (χ3n) is 5.99. The van der Waals surface area contributed by atoms with Crippen molar-refractivity contribution < 1.29 is 41.1 Å². The Bertz CT molecular complexity index is 1870. The second kappa shape index (κ2) is 12.7. The van der Waals surface area contributed by atoms with Crippen molar-refractivity contribution in [1.29, 1.82) is 5.26 Å². The van der Waals surface area contributed by atoms with E-state index in [1.165, 1.54) is 38.4 Å². The topological polar surface area (TPSA) is 186 Å². The maximum absolute atomic E-state index is 13.7. The molecule has 0 saturated carbocycles. The van der Waals surface area contributed by atoms with Gasteiger partial charge < -0.3 is 10.1 Å². The molecule has 0 fully saturated rings. The number of benzene rings is 1. The molecular formula is C25H19ClF5N11O4. The van der Waals surface area contributed by atoms with Gasteiger partial charge >= 0.3 is 18.2 Å². The summed E-state index contributed by atoms with van der Waals surface area (Å²) in [6.07, 6.45) is -5.58. The number of tetrazole rings is 1. The number of hydrazine groups is 1. The number of halogens is 6. The van der Waals surface area contributed by atoms with E-state index in [1.807, 2.05) is 6.07 Å². The molecule has 3 amide bonds. The molecule has 4 aromatic rings. The lowest BCUT2D eigenvalue weighted by molar-refractivity contribution is -0.292. The van der Waals surface area contributed by atoms with E-state index in [4.69, 9.17) is 11.6 Å². The van der Waals surface area contributed by atoms with Crippen LogP contribution in [0.2, 0.25) is 5.02 Å². The minimum absolute atomic E-state index is 0.0117. The number of carbonyl (C=O) groups is 3. The first kappa shape index (κ1) is 33.2. The van der Waals surface area contributed by atoms with E-state index >= 15 is 0 Å². The van der Waals surface area contributed by atoms with Crippen LogP contribution in [0.1, 0.15) is 43.5 Å². The minimum Gasteiger partial charge on any atom is -0.452 e. The molecular weight excluding hydrogens is 649 g/mol. The Kier molecular flexibility index (Phi) is 9.18. The summed E-state index contributed by atoms with van der Waals surface area (Å²) < 4.78 is 71.1. The van der Waals surface area contributed by atoms with Gasteiger partial charge in [0.2, 0.25) is 0 Å². The molecule has 21 heteroatoms. The van der Waals surface area contributed by atoms with Crippen LogP contribution >= 0.6 is 11.6 Å². The lowest BCUT2D eigenvalue weighted by atomic mass is 10.0. The highest BCUT2D eigenvalue weighted by atomic mass is 35.5. The molecule has 2 N–H and O–H groups in total. The number of methoxy groups -OCH3 is 1. The first-order valence-corrected chi connectivity index (χ1v) is 12.9. The number of nitrogens with zero attached hydrogens (tertiary/aromatic N) is 9. The molecule has 0 radical (unpaired) electrons. The quantitative estimate of drug-likeness (QED) is 0.219. The Morgan fingerprint density at radius 1 is 1.13 bits per heavy atom. The van der Waals surface area contributed by atoms with Gasteiger partial charge in [-0.15, -0.1) is 10.2 Å². The smallest absolute Gasteiger partial charge is 0.452 e. The summed E-state index contributed by atoms with van der Waals surface area (Å²) in [6.45, 7) is 0.863. The van der Waals surface area contributed by atoms with Crippen molar-refractivity contribution in [2.45, 2.75) is 25.6 Å². The zero-order valence-electron chi connectivity index (χ0n) is 23.6. The molecule has 15 nitrogen and oxygen atoms in total. The van der Waals surface area contributed by atoms with Crippen LogP contribution in [-0.2, 0) is 17.2 Å². The van der Waals surface area contributed by atoms with Crippen molar-refractivity contribution in [3.05, 3.63) is 75.5 Å². The summed E-state index contributed by atoms with van der Waals surface area (Å²) in [5.74, 6) is -9.20. The van der Waals surface area contributed by atoms with Gasteiger partial charge in [-0.2, -0.15) is 37.1 Å². The standard InChI is InChI=1S/C25H19ClF5N11O4/c1-12-7-13(10-32)8-15(20(43)37-40(2)23(45)46-3)18(12)34-21(44)17-9-14(36-42(17)19-16(26)5-4-6-33-19)11-41-38-22(35-39-41)24(27,28)25(29,30)31/h4-9H,11H2,1-3H3,(H,34,44)(H,37,43). The molecule has 3 aromatic heterocycles. The van der Waals surface area contributed by atoms with E-state index < -0.39 is 42.4 Å². The van der Waals surface area contributed by atoms with E-state index in [2.05, 4.69) is 41.0 Å². The first-order valence-electron chi connectivity index (χ1n) is 12.5. The summed E-state index contributed by atoms with van der Waals surface area (Å²) >= 11 is 6.26. The van der Waals surface area contributed by atoms with Gasteiger partial charge in [-0.1, -0.05) is 11.6 Å². The van der Waals surface area contributed by atoms with Gasteiger partial charge in [-0.05, 0) is 48.0 Å². The van der Waals surface area contributed by atoms with Crippen LogP contribution in [0, 0.1) is 18.3 Å². The Morgan fingerprint density at radius 2 is 1.85 bits per heavy atom. The fourth-order valence-corrected chi connectivity index (χ4v) is 4.04. The number of pyridine rings is 1. The molecule has 0 aliphatic rings. The van der Waals surface area contributed by atoms with Gasteiger partial charge in [-0.25, -0.2) is 19.5 Å². The summed E-state index contributed by atoms with van der Waals surface area (Å²) in [6, 6.07) is 8.43. The van der Waals surface area contributed by atoms with E-state index in [9.17, 15) is 41.6 Å². The van der Waals surface area contributed by atoms with E-state index in [1.54, 1.807) is 0 Å². The van der Waals surface area contributed by atoms with Crippen LogP contribution in [0.4, 0.5) is 32.4 Å². The third-order valence-corrected chi connectivity index (χ3v) is 6.29. The van der Waals surface area contributed by atoms with Crippen LogP contribution in [0.5, 0.6) is 0 Å². The maximum atomic E-state index is 13.7. The van der Waals surface area contributed by atoms with Crippen molar-refractivity contribution in [3.63, 3.8) is 0 Å². The molecule has 3 heterocycles. The Hall–Kier alpha value is -5.71. The van der Waals surface area contributed by atoms with Crippen molar-refractivity contribution >= 4 is 35.2 Å². The van der Waals surface area contributed by atoms with Gasteiger partial charge in [0.05, 0.1) is 40.7 Å². The number of nitriles is 1. The number of aromatic nitrogens is 7. The number of hydrogen-bond donors (Lipinski definition) is 2. The number of anilines is 1. The molecule has 0 atom stereocenters. The van der Waals surface area contributed by atoms with Gasteiger partial charge in [0.25, 0.3) is 17.6 Å². The second-order valence-electron chi connectivity index (χ2n) is 9.21. The van der Waals surface area contributed by atoms with Crippen LogP contribution in [0.3, 0.4) is 0 Å². The van der Waals surface area contributed by atoms with Crippen LogP contribution in [-0.4, -0.2) is 78.2 Å². The number of nitrogens with one attached hydrogen (secondary N) is 2. The number of ether oxygens (including phenoxy) is 1. The predicted octanol–water partition coefficient (Wildman–Crippen LogP) is 3.39. The number of alkyl halides is 5. The summed E-state index contributed by atoms with van der Waals surface area (Å²) in [5, 5.41) is 26.0. The molecule has 0 aliphatic carbocycles. The number of rotatable bonds is 7. The van der Waals surface area contributed by atoms with Crippen molar-refractivity contribution in [2.75, 3.05) is 19.5 Å². The predicted molar refractivity (Wildman–Crippen MR) is 145 cm³/mol. The lowest BCUT2D eigenvalue weighted by Gasteiger charge is -2.19. The number of aryl methyl sites for hydroxylation is 1. The van der Waals surface area contributed by atoms with Crippen molar-refractivity contribution in [2.24, 2.45) is 0 Å². The number of carbonyl (C=O) groups excluding carboxylic acids is 3. The molecule has 0 spiro atoms. The second-order valence-corrected chi connectivity index (χ2v) is 9.62. The number of hydrogen-bond acceptors (Lipinski definition) is 10. The zero-order valence-corrected chi connectivity index (χ0v) is 24.4. The SMILES string of the molecule is COC(=O)N(C)NC(=O)c1cc(C#N)cc(C)c1NC(=O)c1cc(Cn2nnc(C(F)(F)C(F)(F)F)n2)nn1-c1ncccc1Cl. The highest BCUT2D eigenvalue weighted by molar-refractivity contribution is 6.32. The average Bonchev–Trinajstić information content (AvgIpc) is 3.65. The van der Waals surface area contributed by atoms with Gasteiger partial charge in [-0.3, -0.25) is 15.0 Å². The highest BCUT2D eigenvalue weighted by Gasteiger charge is 2.62. The molecule has 0 unspecified atom stereocenters. The van der Waals surface area contributed by atoms with Crippen LogP contribution < -0.4 is 10.7 Å². The summed E-state index contributed by atoms with van der Waals surface area (Å²) in [7, 11) is 2.27.